The second-order valence-electron chi connectivity index (χ2n) is 7.91. The standard InChI is InChI=1S/C27H32O2P.BrH/c1-4-14-24(15-5-1)30(25-16-6-2-7-17-25,26-18-8-3-9-19-26)23-13-12-22-29-27-20-10-11-21-28-27;/h1-9,14-19,27H,10-13,20-23H2;1H/q+1;/p-1. The quantitative estimate of drug-likeness (QED) is 0.333. The van der Waals surface area contributed by atoms with Gasteiger partial charge >= 0.3 is 0 Å². The van der Waals surface area contributed by atoms with Crippen LogP contribution in [0.4, 0.5) is 0 Å². The van der Waals surface area contributed by atoms with E-state index in [0.717, 1.165) is 45.1 Å². The largest absolute Gasteiger partial charge is 1.00 e. The molecule has 4 heteroatoms. The maximum atomic E-state index is 6.00. The van der Waals surface area contributed by atoms with Gasteiger partial charge in [0.25, 0.3) is 0 Å². The molecule has 1 unspecified atom stereocenters. The fourth-order valence-electron chi connectivity index (χ4n) is 4.39. The minimum absolute atomic E-state index is 0. The molecule has 1 aliphatic rings. The maximum Gasteiger partial charge on any atom is 0.157 e. The lowest BCUT2D eigenvalue weighted by Crippen LogP contribution is -3.00. The first-order valence-electron chi connectivity index (χ1n) is 11.2. The van der Waals surface area contributed by atoms with Crippen molar-refractivity contribution in [2.24, 2.45) is 0 Å². The van der Waals surface area contributed by atoms with E-state index in [9.17, 15) is 0 Å². The van der Waals surface area contributed by atoms with E-state index >= 15 is 0 Å². The molecule has 0 spiro atoms. The van der Waals surface area contributed by atoms with Crippen LogP contribution in [0.1, 0.15) is 32.1 Å². The van der Waals surface area contributed by atoms with E-state index in [1.807, 2.05) is 0 Å². The van der Waals surface area contributed by atoms with Crippen LogP contribution < -0.4 is 32.9 Å². The number of unbranched alkanes of at least 4 members (excludes halogenated alkanes) is 1. The second kappa shape index (κ2) is 12.5. The highest BCUT2D eigenvalue weighted by molar-refractivity contribution is 7.95. The third kappa shape index (κ3) is 6.05. The topological polar surface area (TPSA) is 18.5 Å². The Balaban J connectivity index is 0.00000272. The molecule has 1 saturated heterocycles. The van der Waals surface area contributed by atoms with Crippen LogP contribution in [0.5, 0.6) is 0 Å². The summed E-state index contributed by atoms with van der Waals surface area (Å²) in [6, 6.07) is 33.3. The first-order chi connectivity index (χ1) is 14.9. The zero-order valence-corrected chi connectivity index (χ0v) is 20.5. The molecule has 2 nitrogen and oxygen atoms in total. The molecule has 0 aliphatic carbocycles. The summed E-state index contributed by atoms with van der Waals surface area (Å²) in [5.74, 6) is 0. The fraction of sp³-hybridized carbons (Fsp3) is 0.333. The highest BCUT2D eigenvalue weighted by atomic mass is 79.9. The van der Waals surface area contributed by atoms with E-state index in [1.165, 1.54) is 22.3 Å². The van der Waals surface area contributed by atoms with Gasteiger partial charge in [-0.25, -0.2) is 0 Å². The fourth-order valence-corrected chi connectivity index (χ4v) is 8.80. The predicted octanol–water partition coefficient (Wildman–Crippen LogP) is 2.31. The van der Waals surface area contributed by atoms with Crippen molar-refractivity contribution in [3.63, 3.8) is 0 Å². The van der Waals surface area contributed by atoms with Gasteiger partial charge in [-0.05, 0) is 68.5 Å². The molecule has 3 aromatic rings. The molecular formula is C27H32BrO2P. The summed E-state index contributed by atoms with van der Waals surface area (Å²) >= 11 is 0. The van der Waals surface area contributed by atoms with Crippen molar-refractivity contribution in [3.05, 3.63) is 91.0 Å². The Morgan fingerprint density at radius 2 is 1.23 bits per heavy atom. The van der Waals surface area contributed by atoms with Gasteiger partial charge in [0.2, 0.25) is 0 Å². The summed E-state index contributed by atoms with van der Waals surface area (Å²) in [7, 11) is -1.71. The number of halogens is 1. The minimum Gasteiger partial charge on any atom is -1.00 e. The van der Waals surface area contributed by atoms with E-state index in [-0.39, 0.29) is 23.3 Å². The Kier molecular flexibility index (Phi) is 9.74. The molecule has 3 aromatic carbocycles. The zero-order valence-electron chi connectivity index (χ0n) is 18.0. The highest BCUT2D eigenvalue weighted by Crippen LogP contribution is 2.55. The van der Waals surface area contributed by atoms with Crippen LogP contribution in [-0.2, 0) is 9.47 Å². The number of hydrogen-bond donors (Lipinski definition) is 0. The summed E-state index contributed by atoms with van der Waals surface area (Å²) < 4.78 is 11.7. The van der Waals surface area contributed by atoms with Crippen LogP contribution in [0.2, 0.25) is 0 Å². The third-order valence-corrected chi connectivity index (χ3v) is 10.4. The van der Waals surface area contributed by atoms with Crippen LogP contribution >= 0.6 is 7.26 Å². The third-order valence-electron chi connectivity index (χ3n) is 5.92. The minimum atomic E-state index is -1.71. The SMILES string of the molecule is [Br-].c1ccc([P+](CCCCOC2CCCCO2)(c2ccccc2)c2ccccc2)cc1. The Morgan fingerprint density at radius 1 is 0.710 bits per heavy atom. The molecule has 0 bridgehead atoms. The van der Waals surface area contributed by atoms with Gasteiger partial charge in [-0.3, -0.25) is 0 Å². The molecule has 0 saturated carbocycles. The van der Waals surface area contributed by atoms with Gasteiger partial charge in [0.1, 0.15) is 23.2 Å². The summed E-state index contributed by atoms with van der Waals surface area (Å²) in [5.41, 5.74) is 0. The molecule has 164 valence electrons. The number of rotatable bonds is 9. The van der Waals surface area contributed by atoms with Crippen molar-refractivity contribution in [2.45, 2.75) is 38.4 Å². The van der Waals surface area contributed by atoms with Crippen LogP contribution in [0, 0.1) is 0 Å². The molecule has 1 fully saturated rings. The molecule has 1 aliphatic heterocycles. The van der Waals surface area contributed by atoms with Crippen LogP contribution in [0.15, 0.2) is 91.0 Å². The molecule has 1 heterocycles. The van der Waals surface area contributed by atoms with Gasteiger partial charge in [0, 0.05) is 13.2 Å². The predicted molar refractivity (Wildman–Crippen MR) is 129 cm³/mol. The highest BCUT2D eigenvalue weighted by Gasteiger charge is 2.44. The van der Waals surface area contributed by atoms with Gasteiger partial charge in [-0.1, -0.05) is 54.6 Å². The van der Waals surface area contributed by atoms with Crippen LogP contribution in [0.25, 0.3) is 0 Å². The first kappa shape index (κ1) is 24.1. The monoisotopic (exact) mass is 498 g/mol. The van der Waals surface area contributed by atoms with Gasteiger partial charge < -0.3 is 26.5 Å². The summed E-state index contributed by atoms with van der Waals surface area (Å²) in [4.78, 5) is 0. The van der Waals surface area contributed by atoms with Crippen molar-refractivity contribution >= 4 is 23.2 Å². The Labute approximate surface area is 198 Å². The number of hydrogen-bond acceptors (Lipinski definition) is 2. The van der Waals surface area contributed by atoms with Crippen LogP contribution in [0.3, 0.4) is 0 Å². The van der Waals surface area contributed by atoms with E-state index in [2.05, 4.69) is 91.0 Å². The van der Waals surface area contributed by atoms with Gasteiger partial charge in [-0.2, -0.15) is 0 Å². The van der Waals surface area contributed by atoms with Gasteiger partial charge in [0.05, 0.1) is 6.16 Å². The summed E-state index contributed by atoms with van der Waals surface area (Å²) in [6.07, 6.45) is 6.78. The first-order valence-corrected chi connectivity index (χ1v) is 13.2. The molecule has 1 atom stereocenters. The van der Waals surface area contributed by atoms with Crippen molar-refractivity contribution < 1.29 is 26.5 Å². The normalized spacial score (nSPS) is 16.5. The van der Waals surface area contributed by atoms with Gasteiger partial charge in [-0.15, -0.1) is 0 Å². The molecule has 31 heavy (non-hydrogen) atoms. The smallest absolute Gasteiger partial charge is 0.157 e. The van der Waals surface area contributed by atoms with Crippen molar-refractivity contribution in [3.8, 4) is 0 Å². The van der Waals surface area contributed by atoms with Crippen molar-refractivity contribution in [1.29, 1.82) is 0 Å². The van der Waals surface area contributed by atoms with E-state index in [4.69, 9.17) is 9.47 Å². The second-order valence-corrected chi connectivity index (χ2v) is 11.5. The lowest BCUT2D eigenvalue weighted by atomic mass is 10.2. The molecule has 4 rings (SSSR count). The zero-order chi connectivity index (χ0) is 20.5. The maximum absolute atomic E-state index is 6.00. The van der Waals surface area contributed by atoms with Gasteiger partial charge in [0.15, 0.2) is 6.29 Å². The Bertz CT molecular complexity index is 771. The summed E-state index contributed by atoms with van der Waals surface area (Å²) in [6.45, 7) is 1.62. The Hall–Kier alpha value is -1.51. The van der Waals surface area contributed by atoms with Crippen LogP contribution in [-0.4, -0.2) is 25.7 Å². The lowest BCUT2D eigenvalue weighted by Gasteiger charge is -2.28. The van der Waals surface area contributed by atoms with E-state index in [0.29, 0.717) is 0 Å². The summed E-state index contributed by atoms with van der Waals surface area (Å²) in [5, 5.41) is 4.37. The Morgan fingerprint density at radius 3 is 1.68 bits per heavy atom. The van der Waals surface area contributed by atoms with Crippen molar-refractivity contribution in [1.82, 2.24) is 0 Å². The van der Waals surface area contributed by atoms with E-state index in [1.54, 1.807) is 0 Å². The van der Waals surface area contributed by atoms with Crippen molar-refractivity contribution in [2.75, 3.05) is 19.4 Å². The number of benzene rings is 3. The molecule has 0 amide bonds. The molecule has 0 aromatic heterocycles. The molecule has 0 N–H and O–H groups in total. The average molecular weight is 499 g/mol. The average Bonchev–Trinajstić information content (AvgIpc) is 2.84. The lowest BCUT2D eigenvalue weighted by molar-refractivity contribution is -0.162. The molecule has 0 radical (unpaired) electrons. The number of ether oxygens (including phenoxy) is 2. The molecular weight excluding hydrogens is 467 g/mol. The van der Waals surface area contributed by atoms with E-state index < -0.39 is 7.26 Å².